The maximum Gasteiger partial charge on any atom is 0.262 e. The van der Waals surface area contributed by atoms with Crippen molar-refractivity contribution in [3.8, 4) is 11.5 Å². The van der Waals surface area contributed by atoms with E-state index >= 15 is 0 Å². The molecule has 3 rings (SSSR count). The summed E-state index contributed by atoms with van der Waals surface area (Å²) in [6.07, 6.45) is 0. The molecule has 0 aliphatic heterocycles. The van der Waals surface area contributed by atoms with Crippen LogP contribution in [0.5, 0.6) is 11.5 Å². The van der Waals surface area contributed by atoms with E-state index in [9.17, 15) is 8.42 Å². The Morgan fingerprint density at radius 2 is 1.44 bits per heavy atom. The molecule has 0 aliphatic rings. The molecular formula is C19H19NO4S. The normalized spacial score (nSPS) is 11.3. The average Bonchev–Trinajstić information content (AvgIpc) is 2.61. The molecule has 0 spiro atoms. The largest absolute Gasteiger partial charge is 0.497 e. The smallest absolute Gasteiger partial charge is 0.262 e. The molecule has 0 amide bonds. The number of benzene rings is 3. The van der Waals surface area contributed by atoms with Crippen LogP contribution in [0, 0.1) is 6.92 Å². The van der Waals surface area contributed by atoms with Gasteiger partial charge in [-0.15, -0.1) is 0 Å². The second-order valence-electron chi connectivity index (χ2n) is 5.63. The highest BCUT2D eigenvalue weighted by molar-refractivity contribution is 7.93. The van der Waals surface area contributed by atoms with Crippen LogP contribution in [-0.2, 0) is 10.0 Å². The van der Waals surface area contributed by atoms with Crippen molar-refractivity contribution in [3.63, 3.8) is 0 Å². The minimum atomic E-state index is -3.77. The SMILES string of the molecule is COc1cc(NS(=O)(=O)c2ccc(C)c3ccccc23)cc(OC)c1. The Labute approximate surface area is 147 Å². The fourth-order valence-corrected chi connectivity index (χ4v) is 3.99. The second kappa shape index (κ2) is 6.64. The summed E-state index contributed by atoms with van der Waals surface area (Å²) in [4.78, 5) is 0.232. The molecule has 0 heterocycles. The van der Waals surface area contributed by atoms with Crippen molar-refractivity contribution in [2.45, 2.75) is 11.8 Å². The van der Waals surface area contributed by atoms with E-state index in [0.717, 1.165) is 10.9 Å². The standard InChI is InChI=1S/C19H19NO4S/c1-13-8-9-19(18-7-5-4-6-17(13)18)25(21,22)20-14-10-15(23-2)12-16(11-14)24-3/h4-12,20H,1-3H3. The third-order valence-corrected chi connectivity index (χ3v) is 5.43. The zero-order valence-electron chi connectivity index (χ0n) is 14.2. The maximum absolute atomic E-state index is 12.9. The van der Waals surface area contributed by atoms with E-state index in [-0.39, 0.29) is 4.90 Å². The van der Waals surface area contributed by atoms with E-state index in [1.165, 1.54) is 14.2 Å². The van der Waals surface area contributed by atoms with Crippen molar-refractivity contribution < 1.29 is 17.9 Å². The number of sulfonamides is 1. The lowest BCUT2D eigenvalue weighted by Crippen LogP contribution is -2.13. The molecule has 6 heteroatoms. The Hall–Kier alpha value is -2.73. The number of methoxy groups -OCH3 is 2. The lowest BCUT2D eigenvalue weighted by atomic mass is 10.1. The van der Waals surface area contributed by atoms with E-state index in [2.05, 4.69) is 4.72 Å². The first kappa shape index (κ1) is 17.1. The fourth-order valence-electron chi connectivity index (χ4n) is 2.73. The van der Waals surface area contributed by atoms with E-state index in [1.807, 2.05) is 37.3 Å². The van der Waals surface area contributed by atoms with Gasteiger partial charge in [-0.1, -0.05) is 30.3 Å². The van der Waals surface area contributed by atoms with E-state index in [1.54, 1.807) is 24.3 Å². The highest BCUT2D eigenvalue weighted by atomic mass is 32.2. The van der Waals surface area contributed by atoms with Crippen molar-refractivity contribution in [2.75, 3.05) is 18.9 Å². The highest BCUT2D eigenvalue weighted by Crippen LogP contribution is 2.30. The first-order chi connectivity index (χ1) is 11.9. The minimum Gasteiger partial charge on any atom is -0.497 e. The van der Waals surface area contributed by atoms with Crippen LogP contribution in [0.3, 0.4) is 0 Å². The molecule has 0 fully saturated rings. The van der Waals surface area contributed by atoms with Gasteiger partial charge in [0, 0.05) is 23.6 Å². The molecule has 5 nitrogen and oxygen atoms in total. The predicted octanol–water partition coefficient (Wildman–Crippen LogP) is 3.97. The number of hydrogen-bond acceptors (Lipinski definition) is 4. The monoisotopic (exact) mass is 357 g/mol. The summed E-state index contributed by atoms with van der Waals surface area (Å²) in [6.45, 7) is 1.96. The van der Waals surface area contributed by atoms with Crippen molar-refractivity contribution in [1.82, 2.24) is 0 Å². The van der Waals surface area contributed by atoms with Crippen molar-refractivity contribution >= 4 is 26.5 Å². The Morgan fingerprint density at radius 1 is 0.840 bits per heavy atom. The Morgan fingerprint density at radius 3 is 2.04 bits per heavy atom. The van der Waals surface area contributed by atoms with Crippen molar-refractivity contribution in [3.05, 3.63) is 60.2 Å². The molecule has 1 N–H and O–H groups in total. The summed E-state index contributed by atoms with van der Waals surface area (Å²) in [5, 5.41) is 1.60. The molecule has 0 unspecified atom stereocenters. The van der Waals surface area contributed by atoms with Crippen LogP contribution in [0.2, 0.25) is 0 Å². The maximum atomic E-state index is 12.9. The first-order valence-electron chi connectivity index (χ1n) is 7.69. The Balaban J connectivity index is 2.08. The van der Waals surface area contributed by atoms with Gasteiger partial charge in [0.15, 0.2) is 0 Å². The molecule has 0 atom stereocenters. The lowest BCUT2D eigenvalue weighted by Gasteiger charge is -2.13. The molecular weight excluding hydrogens is 338 g/mol. The van der Waals surface area contributed by atoms with Gasteiger partial charge in [0.1, 0.15) is 11.5 Å². The number of fused-ring (bicyclic) bond motifs is 1. The molecule has 0 saturated carbocycles. The van der Waals surface area contributed by atoms with E-state index < -0.39 is 10.0 Å². The number of anilines is 1. The Bertz CT molecular complexity index is 1010. The van der Waals surface area contributed by atoms with Gasteiger partial charge in [0.25, 0.3) is 10.0 Å². The summed E-state index contributed by atoms with van der Waals surface area (Å²) in [7, 11) is -0.739. The fraction of sp³-hybridized carbons (Fsp3) is 0.158. The van der Waals surface area contributed by atoms with Gasteiger partial charge in [0.05, 0.1) is 24.8 Å². The molecule has 0 radical (unpaired) electrons. The number of ether oxygens (including phenoxy) is 2. The van der Waals surface area contributed by atoms with Crippen LogP contribution in [0.4, 0.5) is 5.69 Å². The first-order valence-corrected chi connectivity index (χ1v) is 9.17. The number of rotatable bonds is 5. The second-order valence-corrected chi connectivity index (χ2v) is 7.28. The molecule has 0 aliphatic carbocycles. The van der Waals surface area contributed by atoms with Crippen LogP contribution < -0.4 is 14.2 Å². The Kier molecular flexibility index (Phi) is 4.55. The summed E-state index contributed by atoms with van der Waals surface area (Å²) < 4.78 is 38.9. The highest BCUT2D eigenvalue weighted by Gasteiger charge is 2.19. The molecule has 3 aromatic carbocycles. The van der Waals surface area contributed by atoms with Gasteiger partial charge < -0.3 is 9.47 Å². The van der Waals surface area contributed by atoms with Crippen LogP contribution in [0.15, 0.2) is 59.5 Å². The molecule has 0 aromatic heterocycles. The quantitative estimate of drug-likeness (QED) is 0.750. The van der Waals surface area contributed by atoms with Gasteiger partial charge in [-0.2, -0.15) is 0 Å². The minimum absolute atomic E-state index is 0.232. The molecule has 3 aromatic rings. The van der Waals surface area contributed by atoms with Gasteiger partial charge >= 0.3 is 0 Å². The summed E-state index contributed by atoms with van der Waals surface area (Å²) >= 11 is 0. The number of hydrogen-bond donors (Lipinski definition) is 1. The zero-order valence-corrected chi connectivity index (χ0v) is 15.1. The molecule has 0 saturated heterocycles. The van der Waals surface area contributed by atoms with Gasteiger partial charge in [-0.25, -0.2) is 8.42 Å². The summed E-state index contributed by atoms with van der Waals surface area (Å²) in [5.41, 5.74) is 1.40. The molecule has 0 bridgehead atoms. The molecule has 25 heavy (non-hydrogen) atoms. The van der Waals surface area contributed by atoms with Gasteiger partial charge in [-0.3, -0.25) is 4.72 Å². The van der Waals surface area contributed by atoms with E-state index in [4.69, 9.17) is 9.47 Å². The van der Waals surface area contributed by atoms with Crippen LogP contribution in [-0.4, -0.2) is 22.6 Å². The van der Waals surface area contributed by atoms with Gasteiger partial charge in [-0.05, 0) is 23.9 Å². The number of nitrogens with one attached hydrogen (secondary N) is 1. The average molecular weight is 357 g/mol. The molecule has 130 valence electrons. The predicted molar refractivity (Wildman–Crippen MR) is 99.0 cm³/mol. The third-order valence-electron chi connectivity index (χ3n) is 4.00. The summed E-state index contributed by atoms with van der Waals surface area (Å²) in [6, 6.07) is 15.8. The zero-order chi connectivity index (χ0) is 18.0. The van der Waals surface area contributed by atoms with E-state index in [0.29, 0.717) is 22.6 Å². The lowest BCUT2D eigenvalue weighted by molar-refractivity contribution is 0.395. The van der Waals surface area contributed by atoms with Crippen LogP contribution in [0.1, 0.15) is 5.56 Å². The third kappa shape index (κ3) is 3.39. The topological polar surface area (TPSA) is 64.6 Å². The van der Waals surface area contributed by atoms with Crippen molar-refractivity contribution in [2.24, 2.45) is 0 Å². The van der Waals surface area contributed by atoms with Crippen LogP contribution in [0.25, 0.3) is 10.8 Å². The number of aryl methyl sites for hydroxylation is 1. The summed E-state index contributed by atoms with van der Waals surface area (Å²) in [5.74, 6) is 1.01. The van der Waals surface area contributed by atoms with Crippen molar-refractivity contribution in [1.29, 1.82) is 0 Å². The van der Waals surface area contributed by atoms with Gasteiger partial charge in [0.2, 0.25) is 0 Å². The van der Waals surface area contributed by atoms with Crippen LogP contribution >= 0.6 is 0 Å².